The lowest BCUT2D eigenvalue weighted by molar-refractivity contribution is -0.605. The Morgan fingerprint density at radius 3 is 2.61 bits per heavy atom. The molecule has 3 aromatic rings. The molecule has 6 heteroatoms. The number of aryl methyl sites for hydroxylation is 1. The second-order valence-electron chi connectivity index (χ2n) is 5.20. The van der Waals surface area contributed by atoms with Crippen molar-refractivity contribution in [1.82, 2.24) is 9.78 Å². The van der Waals surface area contributed by atoms with E-state index < -0.39 is 0 Å². The van der Waals surface area contributed by atoms with Crippen molar-refractivity contribution in [2.24, 2.45) is 0 Å². The zero-order chi connectivity index (χ0) is 16.4. The van der Waals surface area contributed by atoms with Crippen LogP contribution in [0.1, 0.15) is 21.7 Å². The van der Waals surface area contributed by atoms with Crippen LogP contribution in [-0.2, 0) is 0 Å². The first-order chi connectivity index (χ1) is 11.1. The summed E-state index contributed by atoms with van der Waals surface area (Å²) in [6.45, 7) is 3.72. The maximum absolute atomic E-state index is 12.3. The SMILES string of the molecule is Cc1nn(-c2ccccc2)c(C)c1NC(=O)c1ccc[n+]([O-])c1. The van der Waals surface area contributed by atoms with Crippen molar-refractivity contribution in [2.45, 2.75) is 13.8 Å². The van der Waals surface area contributed by atoms with Crippen LogP contribution in [0.3, 0.4) is 0 Å². The predicted molar refractivity (Wildman–Crippen MR) is 86.4 cm³/mol. The van der Waals surface area contributed by atoms with E-state index in [9.17, 15) is 10.0 Å². The fourth-order valence-electron chi connectivity index (χ4n) is 2.42. The molecule has 2 heterocycles. The van der Waals surface area contributed by atoms with Crippen LogP contribution < -0.4 is 10.0 Å². The van der Waals surface area contributed by atoms with E-state index >= 15 is 0 Å². The monoisotopic (exact) mass is 308 g/mol. The number of nitrogens with one attached hydrogen (secondary N) is 1. The van der Waals surface area contributed by atoms with Crippen LogP contribution in [0.5, 0.6) is 0 Å². The molecule has 6 nitrogen and oxygen atoms in total. The Hall–Kier alpha value is -3.15. The Morgan fingerprint density at radius 1 is 1.17 bits per heavy atom. The van der Waals surface area contributed by atoms with Gasteiger partial charge in [0.2, 0.25) is 0 Å². The average Bonchev–Trinajstić information content (AvgIpc) is 2.84. The molecule has 0 radical (unpaired) electrons. The number of carbonyl (C=O) groups excluding carboxylic acids is 1. The molecule has 1 aromatic carbocycles. The van der Waals surface area contributed by atoms with Crippen molar-refractivity contribution in [3.8, 4) is 5.69 Å². The van der Waals surface area contributed by atoms with E-state index in [-0.39, 0.29) is 5.91 Å². The van der Waals surface area contributed by atoms with Gasteiger partial charge in [0, 0.05) is 6.07 Å². The molecule has 0 aliphatic rings. The number of benzene rings is 1. The van der Waals surface area contributed by atoms with Gasteiger partial charge in [-0.1, -0.05) is 18.2 Å². The summed E-state index contributed by atoms with van der Waals surface area (Å²) < 4.78 is 2.38. The molecule has 0 bridgehead atoms. The third kappa shape index (κ3) is 2.91. The number of hydrogen-bond acceptors (Lipinski definition) is 3. The van der Waals surface area contributed by atoms with Gasteiger partial charge >= 0.3 is 0 Å². The molecule has 0 saturated carbocycles. The molecule has 116 valence electrons. The summed E-state index contributed by atoms with van der Waals surface area (Å²) in [5, 5.41) is 18.6. The summed E-state index contributed by atoms with van der Waals surface area (Å²) in [6, 6.07) is 12.8. The van der Waals surface area contributed by atoms with Crippen LogP contribution in [0.15, 0.2) is 54.9 Å². The minimum atomic E-state index is -0.339. The van der Waals surface area contributed by atoms with Gasteiger partial charge in [0.25, 0.3) is 5.91 Å². The average molecular weight is 308 g/mol. The molecule has 2 aromatic heterocycles. The first-order valence-corrected chi connectivity index (χ1v) is 7.18. The van der Waals surface area contributed by atoms with Crippen LogP contribution in [0, 0.1) is 19.1 Å². The fourth-order valence-corrected chi connectivity index (χ4v) is 2.42. The van der Waals surface area contributed by atoms with Gasteiger partial charge in [-0.3, -0.25) is 4.79 Å². The van der Waals surface area contributed by atoms with Crippen molar-refractivity contribution in [3.63, 3.8) is 0 Å². The maximum Gasteiger partial charge on any atom is 0.261 e. The number of rotatable bonds is 3. The van der Waals surface area contributed by atoms with E-state index in [2.05, 4.69) is 10.4 Å². The molecule has 0 spiro atoms. The van der Waals surface area contributed by atoms with E-state index in [0.29, 0.717) is 21.7 Å². The van der Waals surface area contributed by atoms with Gasteiger partial charge in [-0.15, -0.1) is 0 Å². The Bertz CT molecular complexity index is 856. The standard InChI is InChI=1S/C17H16N4O2/c1-12-16(18-17(22)14-7-6-10-20(23)11-14)13(2)21(19-12)15-8-4-3-5-9-15/h3-11H,1-2H3,(H,18,22). The summed E-state index contributed by atoms with van der Waals surface area (Å²) >= 11 is 0. The zero-order valence-electron chi connectivity index (χ0n) is 12.9. The predicted octanol–water partition coefficient (Wildman–Crippen LogP) is 2.37. The van der Waals surface area contributed by atoms with E-state index in [1.165, 1.54) is 18.5 Å². The van der Waals surface area contributed by atoms with E-state index in [1.54, 1.807) is 10.7 Å². The first-order valence-electron chi connectivity index (χ1n) is 7.18. The van der Waals surface area contributed by atoms with E-state index in [1.807, 2.05) is 44.2 Å². The lowest BCUT2D eigenvalue weighted by Gasteiger charge is -2.07. The minimum Gasteiger partial charge on any atom is -0.619 e. The number of amides is 1. The topological polar surface area (TPSA) is 73.9 Å². The van der Waals surface area contributed by atoms with E-state index in [0.717, 1.165) is 11.4 Å². The third-order valence-corrected chi connectivity index (χ3v) is 3.57. The van der Waals surface area contributed by atoms with Gasteiger partial charge in [0.1, 0.15) is 5.56 Å². The summed E-state index contributed by atoms with van der Waals surface area (Å²) in [6.07, 6.45) is 2.57. The van der Waals surface area contributed by atoms with Crippen LogP contribution >= 0.6 is 0 Å². The first kappa shape index (κ1) is 14.8. The molecule has 3 rings (SSSR count). The highest BCUT2D eigenvalue weighted by atomic mass is 16.5. The van der Waals surface area contributed by atoms with Crippen molar-refractivity contribution in [2.75, 3.05) is 5.32 Å². The highest BCUT2D eigenvalue weighted by Crippen LogP contribution is 2.23. The number of nitrogens with zero attached hydrogens (tertiary/aromatic N) is 3. The van der Waals surface area contributed by atoms with Crippen molar-refractivity contribution < 1.29 is 9.52 Å². The van der Waals surface area contributed by atoms with Crippen molar-refractivity contribution in [1.29, 1.82) is 0 Å². The summed E-state index contributed by atoms with van der Waals surface area (Å²) in [7, 11) is 0. The van der Waals surface area contributed by atoms with Crippen LogP contribution in [0.25, 0.3) is 5.69 Å². The summed E-state index contributed by atoms with van der Waals surface area (Å²) in [5.41, 5.74) is 3.42. The maximum atomic E-state index is 12.3. The van der Waals surface area contributed by atoms with Crippen molar-refractivity contribution >= 4 is 11.6 Å². The fraction of sp³-hybridized carbons (Fsp3) is 0.118. The number of para-hydroxylation sites is 1. The minimum absolute atomic E-state index is 0.300. The molecule has 1 N–H and O–H groups in total. The lowest BCUT2D eigenvalue weighted by atomic mass is 10.2. The van der Waals surface area contributed by atoms with Crippen molar-refractivity contribution in [3.05, 3.63) is 77.0 Å². The highest BCUT2D eigenvalue weighted by molar-refractivity contribution is 6.04. The van der Waals surface area contributed by atoms with Gasteiger partial charge in [-0.25, -0.2) is 4.68 Å². The molecule has 1 amide bonds. The molecule has 0 atom stereocenters. The molecule has 0 aliphatic carbocycles. The van der Waals surface area contributed by atoms with Gasteiger partial charge < -0.3 is 10.5 Å². The number of aromatic nitrogens is 3. The number of pyridine rings is 1. The second-order valence-corrected chi connectivity index (χ2v) is 5.20. The molecule has 0 unspecified atom stereocenters. The zero-order valence-corrected chi connectivity index (χ0v) is 12.9. The lowest BCUT2D eigenvalue weighted by Crippen LogP contribution is -2.27. The van der Waals surface area contributed by atoms with Gasteiger partial charge in [-0.05, 0) is 32.0 Å². The summed E-state index contributed by atoms with van der Waals surface area (Å²) in [5.74, 6) is -0.339. The van der Waals surface area contributed by atoms with E-state index in [4.69, 9.17) is 0 Å². The Labute approximate surface area is 133 Å². The van der Waals surface area contributed by atoms with Gasteiger partial charge in [0.05, 0.1) is 22.8 Å². The van der Waals surface area contributed by atoms with Gasteiger partial charge in [0.15, 0.2) is 12.4 Å². The number of carbonyl (C=O) groups is 1. The quantitative estimate of drug-likeness (QED) is 0.596. The number of anilines is 1. The van der Waals surface area contributed by atoms with Crippen LogP contribution in [0.4, 0.5) is 5.69 Å². The second kappa shape index (κ2) is 5.92. The molecule has 0 saturated heterocycles. The molecular weight excluding hydrogens is 292 g/mol. The Kier molecular flexibility index (Phi) is 3.80. The summed E-state index contributed by atoms with van der Waals surface area (Å²) in [4.78, 5) is 12.3. The van der Waals surface area contributed by atoms with Crippen LogP contribution in [-0.4, -0.2) is 15.7 Å². The highest BCUT2D eigenvalue weighted by Gasteiger charge is 2.17. The van der Waals surface area contributed by atoms with Gasteiger partial charge in [-0.2, -0.15) is 9.83 Å². The molecule has 0 aliphatic heterocycles. The third-order valence-electron chi connectivity index (χ3n) is 3.57. The Balaban J connectivity index is 1.92. The molecular formula is C17H16N4O2. The smallest absolute Gasteiger partial charge is 0.261 e. The molecule has 0 fully saturated rings. The molecule has 23 heavy (non-hydrogen) atoms. The largest absolute Gasteiger partial charge is 0.619 e. The number of hydrogen-bond donors (Lipinski definition) is 1. The Morgan fingerprint density at radius 2 is 1.91 bits per heavy atom. The van der Waals surface area contributed by atoms with Crippen LogP contribution in [0.2, 0.25) is 0 Å². The normalized spacial score (nSPS) is 10.5.